The van der Waals surface area contributed by atoms with Crippen molar-refractivity contribution < 1.29 is 9.84 Å². The Hall–Kier alpha value is -0.900. The quantitative estimate of drug-likeness (QED) is 0.867. The maximum Gasteiger partial charge on any atom is 0.120 e. The highest BCUT2D eigenvalue weighted by Crippen LogP contribution is 2.62. The van der Waals surface area contributed by atoms with Crippen molar-refractivity contribution in [2.45, 2.75) is 31.3 Å². The zero-order chi connectivity index (χ0) is 14.2. The summed E-state index contributed by atoms with van der Waals surface area (Å²) in [7, 11) is 1.66. The number of methoxy groups -OCH3 is 1. The summed E-state index contributed by atoms with van der Waals surface area (Å²) in [6.45, 7) is 0.848. The predicted molar refractivity (Wildman–Crippen MR) is 79.2 cm³/mol. The van der Waals surface area contributed by atoms with Crippen LogP contribution < -0.4 is 5.73 Å². The van der Waals surface area contributed by atoms with Crippen LogP contribution in [0.4, 0.5) is 0 Å². The summed E-state index contributed by atoms with van der Waals surface area (Å²) in [5.74, 6) is 1.26. The minimum absolute atomic E-state index is 0.229. The van der Waals surface area contributed by atoms with E-state index in [4.69, 9.17) is 10.5 Å². The molecule has 1 aromatic rings. The molecule has 4 unspecified atom stereocenters. The number of fused-ring (bicyclic) bond motifs is 2. The monoisotopic (exact) mass is 275 g/mol. The van der Waals surface area contributed by atoms with Gasteiger partial charge in [0.2, 0.25) is 0 Å². The van der Waals surface area contributed by atoms with Gasteiger partial charge in [0.1, 0.15) is 5.60 Å². The van der Waals surface area contributed by atoms with E-state index in [1.54, 1.807) is 7.11 Å². The molecule has 2 fully saturated rings. The van der Waals surface area contributed by atoms with E-state index in [0.717, 1.165) is 17.9 Å². The number of nitrogens with two attached hydrogens (primary N) is 1. The van der Waals surface area contributed by atoms with Gasteiger partial charge in [-0.15, -0.1) is 0 Å². The van der Waals surface area contributed by atoms with E-state index in [1.807, 2.05) is 30.3 Å². The third-order valence-electron chi connectivity index (χ3n) is 5.77. The molecule has 2 aliphatic carbocycles. The Labute approximate surface area is 121 Å². The van der Waals surface area contributed by atoms with Gasteiger partial charge < -0.3 is 15.6 Å². The number of hydrogen-bond donors (Lipinski definition) is 2. The molecule has 2 saturated carbocycles. The molecule has 2 aliphatic rings. The van der Waals surface area contributed by atoms with Crippen molar-refractivity contribution in [3.05, 3.63) is 35.9 Å². The number of aliphatic hydroxyl groups is 1. The molecular formula is C17H25NO2. The summed E-state index contributed by atoms with van der Waals surface area (Å²) < 4.78 is 5.40. The van der Waals surface area contributed by atoms with Crippen LogP contribution in [-0.2, 0) is 10.3 Å². The van der Waals surface area contributed by atoms with Crippen LogP contribution in [0.25, 0.3) is 0 Å². The molecule has 0 aromatic heterocycles. The molecule has 3 nitrogen and oxygen atoms in total. The van der Waals surface area contributed by atoms with E-state index in [2.05, 4.69) is 0 Å². The van der Waals surface area contributed by atoms with Gasteiger partial charge in [-0.25, -0.2) is 0 Å². The molecular weight excluding hydrogens is 250 g/mol. The van der Waals surface area contributed by atoms with E-state index < -0.39 is 5.60 Å². The fourth-order valence-corrected chi connectivity index (χ4v) is 4.81. The lowest BCUT2D eigenvalue weighted by molar-refractivity contribution is -0.151. The first kappa shape index (κ1) is 14.1. The normalized spacial score (nSPS) is 35.1. The lowest BCUT2D eigenvalue weighted by atomic mass is 9.60. The summed E-state index contributed by atoms with van der Waals surface area (Å²) in [5.41, 5.74) is 5.93. The predicted octanol–water partition coefficient (Wildman–Crippen LogP) is 2.29. The molecule has 3 heteroatoms. The molecule has 0 amide bonds. The van der Waals surface area contributed by atoms with Crippen LogP contribution >= 0.6 is 0 Å². The molecule has 0 radical (unpaired) electrons. The highest BCUT2D eigenvalue weighted by molar-refractivity contribution is 5.28. The van der Waals surface area contributed by atoms with E-state index in [9.17, 15) is 5.11 Å². The van der Waals surface area contributed by atoms with Crippen LogP contribution in [0.3, 0.4) is 0 Å². The van der Waals surface area contributed by atoms with Crippen LogP contribution in [0, 0.1) is 17.3 Å². The van der Waals surface area contributed by atoms with Gasteiger partial charge in [-0.1, -0.05) is 36.8 Å². The number of benzene rings is 1. The van der Waals surface area contributed by atoms with Gasteiger partial charge >= 0.3 is 0 Å². The summed E-state index contributed by atoms with van der Waals surface area (Å²) in [6, 6.07) is 9.94. The van der Waals surface area contributed by atoms with Crippen molar-refractivity contribution in [2.24, 2.45) is 23.0 Å². The van der Waals surface area contributed by atoms with E-state index in [0.29, 0.717) is 19.1 Å². The van der Waals surface area contributed by atoms with Crippen molar-refractivity contribution in [2.75, 3.05) is 20.3 Å². The molecule has 20 heavy (non-hydrogen) atoms. The van der Waals surface area contributed by atoms with Gasteiger partial charge in [0.05, 0.1) is 6.61 Å². The minimum atomic E-state index is -0.975. The Morgan fingerprint density at radius 1 is 1.35 bits per heavy atom. The SMILES string of the molecule is COCC(O)(c1ccccc1)C1(CN)CC2CCC1C2. The second kappa shape index (κ2) is 5.14. The van der Waals surface area contributed by atoms with Crippen molar-refractivity contribution in [1.82, 2.24) is 0 Å². The third-order valence-corrected chi connectivity index (χ3v) is 5.77. The molecule has 0 heterocycles. The Kier molecular flexibility index (Phi) is 3.61. The maximum absolute atomic E-state index is 11.5. The number of ether oxygens (including phenoxy) is 1. The van der Waals surface area contributed by atoms with Gasteiger partial charge in [0, 0.05) is 19.1 Å². The van der Waals surface area contributed by atoms with Crippen molar-refractivity contribution in [3.8, 4) is 0 Å². The minimum Gasteiger partial charge on any atom is -0.382 e. The molecule has 2 bridgehead atoms. The first-order chi connectivity index (χ1) is 9.66. The fourth-order valence-electron chi connectivity index (χ4n) is 4.81. The van der Waals surface area contributed by atoms with Gasteiger partial charge in [-0.05, 0) is 36.7 Å². The van der Waals surface area contributed by atoms with Crippen molar-refractivity contribution in [3.63, 3.8) is 0 Å². The van der Waals surface area contributed by atoms with Gasteiger partial charge in [-0.2, -0.15) is 0 Å². The molecule has 110 valence electrons. The van der Waals surface area contributed by atoms with E-state index in [1.165, 1.54) is 19.3 Å². The van der Waals surface area contributed by atoms with Gasteiger partial charge in [0.15, 0.2) is 0 Å². The molecule has 0 aliphatic heterocycles. The largest absolute Gasteiger partial charge is 0.382 e. The molecule has 0 saturated heterocycles. The fraction of sp³-hybridized carbons (Fsp3) is 0.647. The van der Waals surface area contributed by atoms with Gasteiger partial charge in [0.25, 0.3) is 0 Å². The molecule has 4 atom stereocenters. The summed E-state index contributed by atoms with van der Waals surface area (Å²) >= 11 is 0. The zero-order valence-corrected chi connectivity index (χ0v) is 12.2. The van der Waals surface area contributed by atoms with Crippen LogP contribution in [0.5, 0.6) is 0 Å². The lowest BCUT2D eigenvalue weighted by Gasteiger charge is -2.49. The molecule has 0 spiro atoms. The second-order valence-electron chi connectivity index (χ2n) is 6.60. The van der Waals surface area contributed by atoms with Gasteiger partial charge in [-0.3, -0.25) is 0 Å². The molecule has 3 rings (SSSR count). The first-order valence-electron chi connectivity index (χ1n) is 7.63. The van der Waals surface area contributed by atoms with E-state index in [-0.39, 0.29) is 5.41 Å². The Morgan fingerprint density at radius 2 is 2.10 bits per heavy atom. The van der Waals surface area contributed by atoms with Crippen LogP contribution in [-0.4, -0.2) is 25.4 Å². The highest BCUT2D eigenvalue weighted by Gasteiger charge is 2.61. The lowest BCUT2D eigenvalue weighted by Crippen LogP contribution is -2.56. The average Bonchev–Trinajstić information content (AvgIpc) is 3.09. The van der Waals surface area contributed by atoms with Crippen molar-refractivity contribution >= 4 is 0 Å². The van der Waals surface area contributed by atoms with Crippen LogP contribution in [0.15, 0.2) is 30.3 Å². The average molecular weight is 275 g/mol. The Balaban J connectivity index is 2.05. The van der Waals surface area contributed by atoms with Crippen LogP contribution in [0.2, 0.25) is 0 Å². The molecule has 1 aromatic carbocycles. The third kappa shape index (κ3) is 1.84. The topological polar surface area (TPSA) is 55.5 Å². The summed E-state index contributed by atoms with van der Waals surface area (Å²) in [6.07, 6.45) is 4.74. The summed E-state index contributed by atoms with van der Waals surface area (Å²) in [5, 5.41) is 11.5. The van der Waals surface area contributed by atoms with Crippen molar-refractivity contribution in [1.29, 1.82) is 0 Å². The smallest absolute Gasteiger partial charge is 0.120 e. The molecule has 3 N–H and O–H groups in total. The maximum atomic E-state index is 11.5. The standard InChI is InChI=1S/C17H25NO2/c1-20-12-17(19,14-5-3-2-4-6-14)16(11-18)10-13-7-8-15(16)9-13/h2-6,13,15,19H,7-12,18H2,1H3. The zero-order valence-electron chi connectivity index (χ0n) is 12.2. The number of rotatable bonds is 5. The van der Waals surface area contributed by atoms with Crippen LogP contribution in [0.1, 0.15) is 31.2 Å². The number of hydrogen-bond acceptors (Lipinski definition) is 3. The Morgan fingerprint density at radius 3 is 2.60 bits per heavy atom. The Bertz CT molecular complexity index is 463. The summed E-state index contributed by atoms with van der Waals surface area (Å²) in [4.78, 5) is 0. The van der Waals surface area contributed by atoms with E-state index >= 15 is 0 Å². The highest BCUT2D eigenvalue weighted by atomic mass is 16.5. The second-order valence-corrected chi connectivity index (χ2v) is 6.60. The first-order valence-corrected chi connectivity index (χ1v) is 7.63.